The Balaban J connectivity index is 1.96. The highest BCUT2D eigenvalue weighted by Gasteiger charge is 2.27. The van der Waals surface area contributed by atoms with E-state index in [1.807, 2.05) is 20.8 Å². The molecule has 0 radical (unpaired) electrons. The van der Waals surface area contributed by atoms with Crippen LogP contribution in [0, 0.1) is 5.92 Å². The lowest BCUT2D eigenvalue weighted by molar-refractivity contribution is 0.0230. The Kier molecular flexibility index (Phi) is 5.21. The third-order valence-corrected chi connectivity index (χ3v) is 3.28. The van der Waals surface area contributed by atoms with Gasteiger partial charge in [0.1, 0.15) is 10.2 Å². The van der Waals surface area contributed by atoms with Gasteiger partial charge in [0, 0.05) is 19.0 Å². The van der Waals surface area contributed by atoms with Gasteiger partial charge in [-0.3, -0.25) is 0 Å². The van der Waals surface area contributed by atoms with Gasteiger partial charge in [0.05, 0.1) is 26.0 Å². The van der Waals surface area contributed by atoms with Crippen molar-refractivity contribution in [1.29, 1.82) is 0 Å². The number of rotatable bonds is 2. The summed E-state index contributed by atoms with van der Waals surface area (Å²) in [6.07, 6.45) is 1.34. The lowest BCUT2D eigenvalue weighted by Gasteiger charge is -2.27. The highest BCUT2D eigenvalue weighted by atomic mass is 79.9. The number of amides is 1. The molecule has 1 atom stereocenters. The maximum absolute atomic E-state index is 12.2. The summed E-state index contributed by atoms with van der Waals surface area (Å²) in [6, 6.07) is 0. The molecule has 118 valence electrons. The van der Waals surface area contributed by atoms with Crippen molar-refractivity contribution in [3.63, 3.8) is 0 Å². The van der Waals surface area contributed by atoms with Crippen LogP contribution in [-0.2, 0) is 16.0 Å². The van der Waals surface area contributed by atoms with Gasteiger partial charge in [-0.25, -0.2) is 4.79 Å². The van der Waals surface area contributed by atoms with Gasteiger partial charge in [-0.05, 0) is 36.7 Å². The second-order valence-electron chi connectivity index (χ2n) is 6.09. The van der Waals surface area contributed by atoms with Crippen LogP contribution < -0.4 is 0 Å². The van der Waals surface area contributed by atoms with Crippen LogP contribution in [0.5, 0.6) is 0 Å². The van der Waals surface area contributed by atoms with Crippen molar-refractivity contribution in [1.82, 2.24) is 19.9 Å². The van der Waals surface area contributed by atoms with E-state index in [1.54, 1.807) is 15.9 Å². The van der Waals surface area contributed by atoms with Crippen LogP contribution in [0.1, 0.15) is 20.8 Å². The molecule has 8 heteroatoms. The van der Waals surface area contributed by atoms with Crippen molar-refractivity contribution in [3.8, 4) is 0 Å². The van der Waals surface area contributed by atoms with E-state index < -0.39 is 5.60 Å². The van der Waals surface area contributed by atoms with Gasteiger partial charge in [0.2, 0.25) is 0 Å². The highest BCUT2D eigenvalue weighted by molar-refractivity contribution is 9.10. The second-order valence-corrected chi connectivity index (χ2v) is 6.90. The fourth-order valence-electron chi connectivity index (χ4n) is 2.08. The minimum absolute atomic E-state index is 0.138. The Morgan fingerprint density at radius 1 is 1.57 bits per heavy atom. The summed E-state index contributed by atoms with van der Waals surface area (Å²) in [5.74, 6) is 0.138. The van der Waals surface area contributed by atoms with Gasteiger partial charge in [-0.15, -0.1) is 5.10 Å². The first kappa shape index (κ1) is 16.2. The van der Waals surface area contributed by atoms with Crippen LogP contribution >= 0.6 is 15.9 Å². The Labute approximate surface area is 132 Å². The Bertz CT molecular complexity index is 486. The SMILES string of the molecule is CC(C)(C)OC(=O)N1CCOCC(Cn2ncc(Br)n2)C1. The fraction of sp³-hybridized carbons (Fsp3) is 0.769. The zero-order valence-electron chi connectivity index (χ0n) is 12.6. The number of ether oxygens (including phenoxy) is 2. The molecule has 0 aliphatic carbocycles. The summed E-state index contributed by atoms with van der Waals surface area (Å²) in [5, 5.41) is 8.33. The van der Waals surface area contributed by atoms with Crippen LogP contribution in [0.15, 0.2) is 10.8 Å². The number of carbonyl (C=O) groups is 1. The molecule has 0 N–H and O–H groups in total. The minimum atomic E-state index is -0.492. The summed E-state index contributed by atoms with van der Waals surface area (Å²) in [7, 11) is 0. The smallest absolute Gasteiger partial charge is 0.410 e. The summed E-state index contributed by atoms with van der Waals surface area (Å²) in [5.41, 5.74) is -0.492. The van der Waals surface area contributed by atoms with Crippen LogP contribution in [0.4, 0.5) is 4.79 Å². The average Bonchev–Trinajstić information content (AvgIpc) is 2.62. The largest absolute Gasteiger partial charge is 0.444 e. The van der Waals surface area contributed by atoms with Crippen molar-refractivity contribution in [2.75, 3.05) is 26.3 Å². The lowest BCUT2D eigenvalue weighted by Crippen LogP contribution is -2.40. The third-order valence-electron chi connectivity index (χ3n) is 2.92. The molecular formula is C13H21BrN4O3. The van der Waals surface area contributed by atoms with Crippen LogP contribution in [-0.4, -0.2) is 57.9 Å². The maximum Gasteiger partial charge on any atom is 0.410 e. The zero-order valence-corrected chi connectivity index (χ0v) is 14.2. The van der Waals surface area contributed by atoms with Crippen LogP contribution in [0.2, 0.25) is 0 Å². The average molecular weight is 361 g/mol. The standard InChI is InChI=1S/C13H21BrN4O3/c1-13(2,3)21-12(19)17-4-5-20-9-10(7-17)8-18-15-6-11(14)16-18/h6,10H,4-5,7-9H2,1-3H3. The van der Waals surface area contributed by atoms with Gasteiger partial charge < -0.3 is 14.4 Å². The number of carbonyl (C=O) groups excluding carboxylic acids is 1. The lowest BCUT2D eigenvalue weighted by atomic mass is 10.1. The molecule has 1 unspecified atom stereocenters. The number of hydrogen-bond acceptors (Lipinski definition) is 5. The van der Waals surface area contributed by atoms with E-state index in [1.165, 1.54) is 0 Å². The van der Waals surface area contributed by atoms with Crippen molar-refractivity contribution in [3.05, 3.63) is 10.8 Å². The van der Waals surface area contributed by atoms with Crippen molar-refractivity contribution in [2.24, 2.45) is 5.92 Å². The first-order chi connectivity index (χ1) is 9.83. The Morgan fingerprint density at radius 2 is 2.33 bits per heavy atom. The predicted octanol–water partition coefficient (Wildman–Crippen LogP) is 1.92. The predicted molar refractivity (Wildman–Crippen MR) is 79.8 cm³/mol. The molecule has 1 aromatic rings. The summed E-state index contributed by atoms with van der Waals surface area (Å²) in [6.45, 7) is 8.41. The second kappa shape index (κ2) is 6.74. The molecule has 0 spiro atoms. The summed E-state index contributed by atoms with van der Waals surface area (Å²) >= 11 is 3.27. The zero-order chi connectivity index (χ0) is 15.5. The summed E-state index contributed by atoms with van der Waals surface area (Å²) in [4.78, 5) is 15.5. The first-order valence-corrected chi connectivity index (χ1v) is 7.74. The quantitative estimate of drug-likeness (QED) is 0.805. The van der Waals surface area contributed by atoms with E-state index in [-0.39, 0.29) is 12.0 Å². The molecule has 1 saturated heterocycles. The summed E-state index contributed by atoms with van der Waals surface area (Å²) < 4.78 is 11.7. The van der Waals surface area contributed by atoms with Gasteiger partial charge >= 0.3 is 6.09 Å². The minimum Gasteiger partial charge on any atom is -0.444 e. The van der Waals surface area contributed by atoms with Gasteiger partial charge in [-0.1, -0.05) is 0 Å². The van der Waals surface area contributed by atoms with Gasteiger partial charge in [-0.2, -0.15) is 9.90 Å². The molecule has 1 aromatic heterocycles. The molecule has 1 aliphatic heterocycles. The third kappa shape index (κ3) is 5.28. The number of hydrogen-bond donors (Lipinski definition) is 0. The van der Waals surface area contributed by atoms with Crippen LogP contribution in [0.3, 0.4) is 0 Å². The molecule has 0 saturated carbocycles. The molecule has 0 bridgehead atoms. The number of nitrogens with zero attached hydrogens (tertiary/aromatic N) is 4. The number of halogens is 1. The molecule has 21 heavy (non-hydrogen) atoms. The van der Waals surface area contributed by atoms with E-state index >= 15 is 0 Å². The van der Waals surface area contributed by atoms with E-state index in [0.717, 1.165) is 0 Å². The molecule has 1 amide bonds. The molecule has 1 fully saturated rings. The molecular weight excluding hydrogens is 340 g/mol. The van der Waals surface area contributed by atoms with Crippen molar-refractivity contribution >= 4 is 22.0 Å². The van der Waals surface area contributed by atoms with Crippen LogP contribution in [0.25, 0.3) is 0 Å². The maximum atomic E-state index is 12.2. The molecule has 2 heterocycles. The van der Waals surface area contributed by atoms with Crippen molar-refractivity contribution in [2.45, 2.75) is 32.9 Å². The molecule has 1 aliphatic rings. The topological polar surface area (TPSA) is 69.5 Å². The molecule has 2 rings (SSSR count). The van der Waals surface area contributed by atoms with E-state index in [0.29, 0.717) is 37.5 Å². The van der Waals surface area contributed by atoms with E-state index in [9.17, 15) is 4.79 Å². The first-order valence-electron chi connectivity index (χ1n) is 6.95. The molecule has 0 aromatic carbocycles. The highest BCUT2D eigenvalue weighted by Crippen LogP contribution is 2.15. The Hall–Kier alpha value is -1.15. The monoisotopic (exact) mass is 360 g/mol. The van der Waals surface area contributed by atoms with Gasteiger partial charge in [0.25, 0.3) is 0 Å². The van der Waals surface area contributed by atoms with E-state index in [4.69, 9.17) is 9.47 Å². The normalized spacial score (nSPS) is 20.2. The van der Waals surface area contributed by atoms with Gasteiger partial charge in [0.15, 0.2) is 0 Å². The number of aromatic nitrogens is 3. The Morgan fingerprint density at radius 3 is 2.95 bits per heavy atom. The fourth-order valence-corrected chi connectivity index (χ4v) is 2.35. The van der Waals surface area contributed by atoms with E-state index in [2.05, 4.69) is 26.1 Å². The molecule has 7 nitrogen and oxygen atoms in total. The van der Waals surface area contributed by atoms with Crippen molar-refractivity contribution < 1.29 is 14.3 Å².